The van der Waals surface area contributed by atoms with Crippen molar-refractivity contribution >= 4 is 22.9 Å². The highest BCUT2D eigenvalue weighted by Crippen LogP contribution is 2.27. The molecule has 4 nitrogen and oxygen atoms in total. The third-order valence-electron chi connectivity index (χ3n) is 4.14. The van der Waals surface area contributed by atoms with Gasteiger partial charge in [0.1, 0.15) is 5.82 Å². The lowest BCUT2D eigenvalue weighted by atomic mass is 9.99. The lowest BCUT2D eigenvalue weighted by Crippen LogP contribution is -2.28. The molecule has 1 aliphatic rings. The zero-order valence-corrected chi connectivity index (χ0v) is 13.7. The molecule has 1 aliphatic heterocycles. The SMILES string of the molecule is O=[N+]([O-])c1ccc(Cl)c(CN2CC=C(c3ccc(F)cc3)CC2)c1. The maximum Gasteiger partial charge on any atom is 0.269 e. The van der Waals surface area contributed by atoms with Crippen molar-refractivity contribution in [1.82, 2.24) is 4.90 Å². The van der Waals surface area contributed by atoms with Crippen LogP contribution in [0.1, 0.15) is 17.5 Å². The first-order valence-electron chi connectivity index (χ1n) is 7.63. The Morgan fingerprint density at radius 1 is 1.21 bits per heavy atom. The summed E-state index contributed by atoms with van der Waals surface area (Å²) in [4.78, 5) is 12.7. The monoisotopic (exact) mass is 346 g/mol. The lowest BCUT2D eigenvalue weighted by molar-refractivity contribution is -0.384. The molecular weight excluding hydrogens is 331 g/mol. The van der Waals surface area contributed by atoms with Crippen LogP contribution in [0.2, 0.25) is 5.02 Å². The summed E-state index contributed by atoms with van der Waals surface area (Å²) < 4.78 is 13.0. The molecule has 2 aromatic rings. The second-order valence-corrected chi connectivity index (χ2v) is 6.16. The molecule has 0 N–H and O–H groups in total. The van der Waals surface area contributed by atoms with Crippen molar-refractivity contribution in [3.8, 4) is 0 Å². The van der Waals surface area contributed by atoms with Gasteiger partial charge in [-0.25, -0.2) is 4.39 Å². The summed E-state index contributed by atoms with van der Waals surface area (Å²) in [7, 11) is 0. The molecule has 24 heavy (non-hydrogen) atoms. The van der Waals surface area contributed by atoms with Gasteiger partial charge in [0.25, 0.3) is 5.69 Å². The number of hydrogen-bond acceptors (Lipinski definition) is 3. The molecule has 2 aromatic carbocycles. The maximum absolute atomic E-state index is 13.0. The highest BCUT2D eigenvalue weighted by Gasteiger charge is 2.16. The predicted octanol–water partition coefficient (Wildman–Crippen LogP) is 4.68. The van der Waals surface area contributed by atoms with E-state index in [-0.39, 0.29) is 11.5 Å². The second kappa shape index (κ2) is 7.11. The Kier molecular flexibility index (Phi) is 4.92. The zero-order valence-electron chi connectivity index (χ0n) is 12.9. The van der Waals surface area contributed by atoms with Crippen molar-refractivity contribution in [3.05, 3.63) is 80.6 Å². The van der Waals surface area contributed by atoms with Gasteiger partial charge in [-0.15, -0.1) is 0 Å². The van der Waals surface area contributed by atoms with Crippen LogP contribution in [0.4, 0.5) is 10.1 Å². The van der Waals surface area contributed by atoms with Crippen molar-refractivity contribution in [2.24, 2.45) is 0 Å². The van der Waals surface area contributed by atoms with Gasteiger partial charge in [-0.2, -0.15) is 0 Å². The van der Waals surface area contributed by atoms with E-state index >= 15 is 0 Å². The van der Waals surface area contributed by atoms with E-state index in [1.54, 1.807) is 18.2 Å². The quantitative estimate of drug-likeness (QED) is 0.596. The Balaban J connectivity index is 1.70. The number of nitrogens with zero attached hydrogens (tertiary/aromatic N) is 2. The van der Waals surface area contributed by atoms with Gasteiger partial charge in [-0.05, 0) is 41.3 Å². The summed E-state index contributed by atoms with van der Waals surface area (Å²) in [6, 6.07) is 11.0. The Morgan fingerprint density at radius 2 is 1.96 bits per heavy atom. The Labute approximate surface area is 144 Å². The first kappa shape index (κ1) is 16.6. The van der Waals surface area contributed by atoms with E-state index in [0.717, 1.165) is 30.6 Å². The summed E-state index contributed by atoms with van der Waals surface area (Å²) in [5.74, 6) is -0.239. The van der Waals surface area contributed by atoms with E-state index in [9.17, 15) is 14.5 Å². The molecule has 124 valence electrons. The number of non-ortho nitro benzene ring substituents is 1. The molecule has 6 heteroatoms. The predicted molar refractivity (Wildman–Crippen MR) is 92.4 cm³/mol. The van der Waals surface area contributed by atoms with Gasteiger partial charge in [-0.3, -0.25) is 15.0 Å². The van der Waals surface area contributed by atoms with Gasteiger partial charge in [0, 0.05) is 36.8 Å². The van der Waals surface area contributed by atoms with Crippen LogP contribution in [0, 0.1) is 15.9 Å². The van der Waals surface area contributed by atoms with E-state index in [1.165, 1.54) is 29.8 Å². The van der Waals surface area contributed by atoms with Crippen LogP contribution in [0.25, 0.3) is 5.57 Å². The maximum atomic E-state index is 13.0. The molecule has 0 spiro atoms. The average Bonchev–Trinajstić information content (AvgIpc) is 2.58. The van der Waals surface area contributed by atoms with Crippen LogP contribution < -0.4 is 0 Å². The van der Waals surface area contributed by atoms with Gasteiger partial charge in [0.2, 0.25) is 0 Å². The van der Waals surface area contributed by atoms with E-state index in [4.69, 9.17) is 11.6 Å². The molecular formula is C18H16ClFN2O2. The third-order valence-corrected chi connectivity index (χ3v) is 4.51. The fourth-order valence-corrected chi connectivity index (χ4v) is 3.00. The Morgan fingerprint density at radius 3 is 2.58 bits per heavy atom. The van der Waals surface area contributed by atoms with Gasteiger partial charge in [0.15, 0.2) is 0 Å². The largest absolute Gasteiger partial charge is 0.295 e. The van der Waals surface area contributed by atoms with Crippen LogP contribution in [0.3, 0.4) is 0 Å². The summed E-state index contributed by atoms with van der Waals surface area (Å²) in [6.45, 7) is 2.11. The summed E-state index contributed by atoms with van der Waals surface area (Å²) in [5, 5.41) is 11.4. The first-order chi connectivity index (χ1) is 11.5. The van der Waals surface area contributed by atoms with Crippen molar-refractivity contribution in [3.63, 3.8) is 0 Å². The van der Waals surface area contributed by atoms with Crippen LogP contribution in [0.5, 0.6) is 0 Å². The van der Waals surface area contributed by atoms with Gasteiger partial charge in [0.05, 0.1) is 4.92 Å². The summed E-state index contributed by atoms with van der Waals surface area (Å²) >= 11 is 6.16. The van der Waals surface area contributed by atoms with Crippen molar-refractivity contribution in [2.45, 2.75) is 13.0 Å². The van der Waals surface area contributed by atoms with Crippen LogP contribution in [0.15, 0.2) is 48.5 Å². The number of rotatable bonds is 4. The summed E-state index contributed by atoms with van der Waals surface area (Å²) in [6.07, 6.45) is 2.96. The number of nitro groups is 1. The van der Waals surface area contributed by atoms with Crippen molar-refractivity contribution in [1.29, 1.82) is 0 Å². The minimum Gasteiger partial charge on any atom is -0.295 e. The fraction of sp³-hybridized carbons (Fsp3) is 0.222. The standard InChI is InChI=1S/C18H16ClFN2O2/c19-18-6-5-17(22(23)24)11-15(18)12-21-9-7-14(8-10-21)13-1-3-16(20)4-2-13/h1-7,11H,8-10,12H2. The minimum absolute atomic E-state index is 0.0500. The first-order valence-corrected chi connectivity index (χ1v) is 8.01. The average molecular weight is 347 g/mol. The molecule has 0 radical (unpaired) electrons. The molecule has 0 aliphatic carbocycles. The van der Waals surface area contributed by atoms with Crippen LogP contribution in [-0.4, -0.2) is 22.9 Å². The second-order valence-electron chi connectivity index (χ2n) is 5.75. The highest BCUT2D eigenvalue weighted by atomic mass is 35.5. The van der Waals surface area contributed by atoms with Crippen LogP contribution >= 0.6 is 11.6 Å². The van der Waals surface area contributed by atoms with Gasteiger partial charge in [-0.1, -0.05) is 29.8 Å². The zero-order chi connectivity index (χ0) is 17.1. The van der Waals surface area contributed by atoms with Crippen LogP contribution in [-0.2, 0) is 6.54 Å². The van der Waals surface area contributed by atoms with E-state index < -0.39 is 4.92 Å². The van der Waals surface area contributed by atoms with Gasteiger partial charge < -0.3 is 0 Å². The molecule has 0 atom stereocenters. The van der Waals surface area contributed by atoms with Gasteiger partial charge >= 0.3 is 0 Å². The molecule has 1 heterocycles. The fourth-order valence-electron chi connectivity index (χ4n) is 2.82. The number of nitro benzene ring substituents is 1. The molecule has 0 bridgehead atoms. The molecule has 0 aromatic heterocycles. The molecule has 0 amide bonds. The number of hydrogen-bond donors (Lipinski definition) is 0. The molecule has 0 fully saturated rings. The minimum atomic E-state index is -0.414. The lowest BCUT2D eigenvalue weighted by Gasteiger charge is -2.26. The highest BCUT2D eigenvalue weighted by molar-refractivity contribution is 6.31. The summed E-state index contributed by atoms with van der Waals surface area (Å²) in [5.41, 5.74) is 3.03. The molecule has 3 rings (SSSR count). The molecule has 0 unspecified atom stereocenters. The van der Waals surface area contributed by atoms with E-state index in [0.29, 0.717) is 11.6 Å². The normalized spacial score (nSPS) is 15.2. The van der Waals surface area contributed by atoms with Crippen molar-refractivity contribution in [2.75, 3.05) is 13.1 Å². The molecule has 0 saturated carbocycles. The van der Waals surface area contributed by atoms with E-state index in [1.807, 2.05) is 0 Å². The smallest absolute Gasteiger partial charge is 0.269 e. The Hall–Kier alpha value is -2.24. The molecule has 0 saturated heterocycles. The van der Waals surface area contributed by atoms with E-state index in [2.05, 4.69) is 11.0 Å². The number of benzene rings is 2. The topological polar surface area (TPSA) is 46.4 Å². The Bertz CT molecular complexity index is 790. The number of halogens is 2. The van der Waals surface area contributed by atoms with Crippen molar-refractivity contribution < 1.29 is 9.31 Å². The third kappa shape index (κ3) is 3.80.